The first-order chi connectivity index (χ1) is 8.74. The number of carboxylic acid groups (broad SMARTS) is 1. The molecule has 1 saturated carbocycles. The van der Waals surface area contributed by atoms with Gasteiger partial charge in [-0.15, -0.1) is 11.3 Å². The van der Waals surface area contributed by atoms with E-state index in [1.54, 1.807) is 10.6 Å². The predicted octanol–water partition coefficient (Wildman–Crippen LogP) is 2.08. The second-order valence-corrected chi connectivity index (χ2v) is 6.00. The topological polar surface area (TPSA) is 57.8 Å². The summed E-state index contributed by atoms with van der Waals surface area (Å²) in [5.41, 5.74) is 0.318. The van der Waals surface area contributed by atoms with Gasteiger partial charge in [0, 0.05) is 24.2 Å². The van der Waals surface area contributed by atoms with Crippen molar-refractivity contribution < 1.29 is 9.90 Å². The molecule has 5 nitrogen and oxygen atoms in total. The molecule has 2 unspecified atom stereocenters. The fourth-order valence-electron chi connectivity index (χ4n) is 3.36. The Labute approximate surface area is 108 Å². The normalized spacial score (nSPS) is 26.3. The van der Waals surface area contributed by atoms with Gasteiger partial charge in [-0.1, -0.05) is 0 Å². The highest BCUT2D eigenvalue weighted by Gasteiger charge is 2.40. The fourth-order valence-corrected chi connectivity index (χ4v) is 4.07. The lowest BCUT2D eigenvalue weighted by atomic mass is 10.1. The maximum Gasteiger partial charge on any atom is 0.356 e. The predicted molar refractivity (Wildman–Crippen MR) is 68.5 cm³/mol. The molecule has 6 heteroatoms. The van der Waals surface area contributed by atoms with E-state index in [4.69, 9.17) is 0 Å². The lowest BCUT2D eigenvalue weighted by Crippen LogP contribution is -2.33. The van der Waals surface area contributed by atoms with Gasteiger partial charge in [-0.3, -0.25) is 4.40 Å². The van der Waals surface area contributed by atoms with Gasteiger partial charge in [0.05, 0.1) is 0 Å². The zero-order chi connectivity index (χ0) is 12.3. The minimum absolute atomic E-state index is 0.318. The highest BCUT2D eigenvalue weighted by atomic mass is 32.1. The molecule has 1 N–H and O–H groups in total. The van der Waals surface area contributed by atoms with Crippen LogP contribution in [-0.2, 0) is 0 Å². The van der Waals surface area contributed by atoms with E-state index >= 15 is 0 Å². The summed E-state index contributed by atoms with van der Waals surface area (Å²) in [4.78, 5) is 19.0. The Morgan fingerprint density at radius 2 is 2.39 bits per heavy atom. The molecule has 2 aromatic heterocycles. The summed E-state index contributed by atoms with van der Waals surface area (Å²) in [6, 6.07) is 0.498. The van der Waals surface area contributed by atoms with Crippen LogP contribution >= 0.6 is 11.3 Å². The van der Waals surface area contributed by atoms with Crippen molar-refractivity contribution in [2.75, 3.05) is 11.4 Å². The van der Waals surface area contributed by atoms with Gasteiger partial charge in [0.15, 0.2) is 16.5 Å². The number of piperidine rings is 1. The van der Waals surface area contributed by atoms with Gasteiger partial charge in [-0.2, -0.15) is 0 Å². The van der Waals surface area contributed by atoms with Crippen molar-refractivity contribution in [3.63, 3.8) is 0 Å². The van der Waals surface area contributed by atoms with Crippen LogP contribution in [0.3, 0.4) is 0 Å². The third-order valence-corrected chi connectivity index (χ3v) is 4.88. The number of rotatable bonds is 2. The van der Waals surface area contributed by atoms with Crippen molar-refractivity contribution in [2.24, 2.45) is 5.92 Å². The Morgan fingerprint density at radius 3 is 3.06 bits per heavy atom. The number of thiazole rings is 1. The van der Waals surface area contributed by atoms with Crippen LogP contribution in [0.15, 0.2) is 11.6 Å². The number of imidazole rings is 1. The fraction of sp³-hybridized carbons (Fsp3) is 0.500. The van der Waals surface area contributed by atoms with Crippen LogP contribution in [-0.4, -0.2) is 33.0 Å². The molecule has 4 rings (SSSR count). The van der Waals surface area contributed by atoms with E-state index in [-0.39, 0.29) is 0 Å². The SMILES string of the molecule is O=C(O)c1c(N2CC3CCC2C3)nc2sccn12. The van der Waals surface area contributed by atoms with E-state index in [9.17, 15) is 9.90 Å². The van der Waals surface area contributed by atoms with E-state index in [1.807, 2.05) is 5.38 Å². The zero-order valence-electron chi connectivity index (χ0n) is 9.74. The van der Waals surface area contributed by atoms with E-state index in [1.165, 1.54) is 30.6 Å². The van der Waals surface area contributed by atoms with Gasteiger partial charge >= 0.3 is 5.97 Å². The number of anilines is 1. The minimum Gasteiger partial charge on any atom is -0.476 e. The van der Waals surface area contributed by atoms with Crippen LogP contribution in [0.1, 0.15) is 29.8 Å². The molecule has 0 amide bonds. The second kappa shape index (κ2) is 3.47. The van der Waals surface area contributed by atoms with Crippen LogP contribution < -0.4 is 4.90 Å². The lowest BCUT2D eigenvalue weighted by molar-refractivity contribution is 0.0690. The number of hydrogen-bond donors (Lipinski definition) is 1. The number of aromatic nitrogens is 2. The molecular formula is C12H13N3O2S. The molecule has 1 saturated heterocycles. The molecule has 2 bridgehead atoms. The zero-order valence-corrected chi connectivity index (χ0v) is 10.6. The lowest BCUT2D eigenvalue weighted by Gasteiger charge is -2.27. The number of nitrogens with zero attached hydrogens (tertiary/aromatic N) is 3. The van der Waals surface area contributed by atoms with E-state index in [0.717, 1.165) is 17.4 Å². The number of aromatic carboxylic acids is 1. The molecule has 0 spiro atoms. The summed E-state index contributed by atoms with van der Waals surface area (Å²) in [5.74, 6) is 0.511. The molecule has 3 heterocycles. The monoisotopic (exact) mass is 263 g/mol. The Hall–Kier alpha value is -1.56. The van der Waals surface area contributed by atoms with Crippen LogP contribution in [0.4, 0.5) is 5.82 Å². The molecule has 2 atom stereocenters. The van der Waals surface area contributed by atoms with Crippen LogP contribution in [0.5, 0.6) is 0 Å². The van der Waals surface area contributed by atoms with Crippen LogP contribution in [0.25, 0.3) is 4.96 Å². The summed E-state index contributed by atoms with van der Waals surface area (Å²) in [7, 11) is 0. The van der Waals surface area contributed by atoms with Gasteiger partial charge < -0.3 is 10.0 Å². The van der Waals surface area contributed by atoms with E-state index < -0.39 is 5.97 Å². The summed E-state index contributed by atoms with van der Waals surface area (Å²) in [5, 5.41) is 11.3. The van der Waals surface area contributed by atoms with Crippen molar-refractivity contribution in [3.8, 4) is 0 Å². The highest BCUT2D eigenvalue weighted by Crippen LogP contribution is 2.41. The Morgan fingerprint density at radius 1 is 1.50 bits per heavy atom. The van der Waals surface area contributed by atoms with Gasteiger partial charge in [0.2, 0.25) is 0 Å². The first kappa shape index (κ1) is 10.4. The Balaban J connectivity index is 1.86. The molecule has 1 aliphatic heterocycles. The number of hydrogen-bond acceptors (Lipinski definition) is 4. The molecular weight excluding hydrogens is 250 g/mol. The van der Waals surface area contributed by atoms with Crippen LogP contribution in [0.2, 0.25) is 0 Å². The quantitative estimate of drug-likeness (QED) is 0.901. The Kier molecular flexibility index (Phi) is 2.00. The largest absolute Gasteiger partial charge is 0.476 e. The van der Waals surface area contributed by atoms with E-state index in [0.29, 0.717) is 17.6 Å². The number of fused-ring (bicyclic) bond motifs is 3. The summed E-state index contributed by atoms with van der Waals surface area (Å²) in [6.45, 7) is 0.968. The molecule has 2 aromatic rings. The smallest absolute Gasteiger partial charge is 0.356 e. The van der Waals surface area contributed by atoms with Crippen molar-refractivity contribution in [3.05, 3.63) is 17.3 Å². The maximum absolute atomic E-state index is 11.5. The standard InChI is InChI=1S/C12H13N3O2S/c16-11(17)9-10(13-12-14(9)3-4-18-12)15-6-7-1-2-8(15)5-7/h3-4,7-8H,1-2,5-6H2,(H,16,17). The van der Waals surface area contributed by atoms with E-state index in [2.05, 4.69) is 9.88 Å². The van der Waals surface area contributed by atoms with Gasteiger partial charge in [-0.05, 0) is 25.2 Å². The molecule has 18 heavy (non-hydrogen) atoms. The van der Waals surface area contributed by atoms with Crippen molar-refractivity contribution in [1.29, 1.82) is 0 Å². The summed E-state index contributed by atoms with van der Waals surface area (Å²) >= 11 is 1.48. The van der Waals surface area contributed by atoms with Crippen molar-refractivity contribution in [2.45, 2.75) is 25.3 Å². The summed E-state index contributed by atoms with van der Waals surface area (Å²) < 4.78 is 1.69. The third-order valence-electron chi connectivity index (χ3n) is 4.13. The maximum atomic E-state index is 11.5. The molecule has 1 aliphatic carbocycles. The van der Waals surface area contributed by atoms with Gasteiger partial charge in [0.25, 0.3) is 0 Å². The first-order valence-corrected chi connectivity index (χ1v) is 7.07. The highest BCUT2D eigenvalue weighted by molar-refractivity contribution is 7.15. The molecule has 2 aliphatic rings. The molecule has 0 radical (unpaired) electrons. The van der Waals surface area contributed by atoms with Gasteiger partial charge in [-0.25, -0.2) is 9.78 Å². The van der Waals surface area contributed by atoms with Crippen molar-refractivity contribution >= 4 is 28.1 Å². The number of carbonyl (C=O) groups is 1. The Bertz CT molecular complexity index is 632. The molecule has 0 aromatic carbocycles. The average Bonchev–Trinajstić information content (AvgIpc) is 3.07. The molecule has 94 valence electrons. The number of carboxylic acids is 1. The van der Waals surface area contributed by atoms with Gasteiger partial charge in [0.1, 0.15) is 0 Å². The van der Waals surface area contributed by atoms with Crippen molar-refractivity contribution in [1.82, 2.24) is 9.38 Å². The third kappa shape index (κ3) is 1.26. The second-order valence-electron chi connectivity index (χ2n) is 5.13. The molecule has 2 fully saturated rings. The first-order valence-electron chi connectivity index (χ1n) is 6.19. The average molecular weight is 263 g/mol. The summed E-state index contributed by atoms with van der Waals surface area (Å²) in [6.07, 6.45) is 5.44. The van der Waals surface area contributed by atoms with Crippen LogP contribution in [0, 0.1) is 5.92 Å². The minimum atomic E-state index is -0.890.